The molecule has 5 heteroatoms. The first-order valence-electron chi connectivity index (χ1n) is 11.1. The Labute approximate surface area is 162 Å². The summed E-state index contributed by atoms with van der Waals surface area (Å²) in [5.41, 5.74) is 0. The van der Waals surface area contributed by atoms with Gasteiger partial charge in [-0.2, -0.15) is 0 Å². The quantitative estimate of drug-likeness (QED) is 0.375. The van der Waals surface area contributed by atoms with Crippen molar-refractivity contribution < 1.29 is 0 Å². The lowest BCUT2D eigenvalue weighted by Gasteiger charge is -2.30. The molecular weight excluding hydrogens is 322 g/mol. The van der Waals surface area contributed by atoms with Gasteiger partial charge in [0.15, 0.2) is 5.96 Å². The van der Waals surface area contributed by atoms with Crippen molar-refractivity contribution >= 4 is 5.96 Å². The molecule has 2 rings (SSSR count). The van der Waals surface area contributed by atoms with E-state index < -0.39 is 0 Å². The number of rotatable bonds is 9. The van der Waals surface area contributed by atoms with Crippen LogP contribution in [0.4, 0.5) is 0 Å². The minimum Gasteiger partial charge on any atom is -0.356 e. The summed E-state index contributed by atoms with van der Waals surface area (Å²) in [4.78, 5) is 9.59. The minimum atomic E-state index is 0.922. The molecule has 2 aliphatic heterocycles. The first kappa shape index (κ1) is 21.5. The van der Waals surface area contributed by atoms with Crippen molar-refractivity contribution in [3.63, 3.8) is 0 Å². The molecule has 0 amide bonds. The molecule has 0 atom stereocenters. The zero-order valence-electron chi connectivity index (χ0n) is 17.6. The second-order valence-corrected chi connectivity index (χ2v) is 8.53. The summed E-state index contributed by atoms with van der Waals surface area (Å²) in [5, 5.41) is 6.93. The van der Waals surface area contributed by atoms with E-state index in [9.17, 15) is 0 Å². The molecule has 0 aromatic rings. The van der Waals surface area contributed by atoms with Crippen molar-refractivity contribution in [2.45, 2.75) is 58.8 Å². The van der Waals surface area contributed by atoms with Gasteiger partial charge in [-0.1, -0.05) is 13.8 Å². The third-order valence-electron chi connectivity index (χ3n) is 6.11. The van der Waals surface area contributed by atoms with Crippen LogP contribution in [-0.4, -0.2) is 75.2 Å². The van der Waals surface area contributed by atoms with Crippen LogP contribution >= 0.6 is 0 Å². The molecule has 0 radical (unpaired) electrons. The lowest BCUT2D eigenvalue weighted by molar-refractivity contribution is 0.189. The number of likely N-dealkylation sites (tertiary alicyclic amines) is 2. The molecule has 26 heavy (non-hydrogen) atoms. The smallest absolute Gasteiger partial charge is 0.190 e. The van der Waals surface area contributed by atoms with E-state index in [0.717, 1.165) is 30.9 Å². The Balaban J connectivity index is 1.44. The van der Waals surface area contributed by atoms with E-state index >= 15 is 0 Å². The second kappa shape index (κ2) is 12.6. The van der Waals surface area contributed by atoms with Crippen molar-refractivity contribution in [1.82, 2.24) is 20.4 Å². The maximum Gasteiger partial charge on any atom is 0.190 e. The van der Waals surface area contributed by atoms with Gasteiger partial charge in [-0.3, -0.25) is 4.99 Å². The van der Waals surface area contributed by atoms with Crippen LogP contribution < -0.4 is 10.6 Å². The Morgan fingerprint density at radius 2 is 1.23 bits per heavy atom. The summed E-state index contributed by atoms with van der Waals surface area (Å²) < 4.78 is 0. The van der Waals surface area contributed by atoms with Gasteiger partial charge in [-0.05, 0) is 96.1 Å². The van der Waals surface area contributed by atoms with Gasteiger partial charge in [-0.25, -0.2) is 0 Å². The van der Waals surface area contributed by atoms with Crippen LogP contribution in [0.1, 0.15) is 58.8 Å². The number of hydrogen-bond acceptors (Lipinski definition) is 3. The molecule has 2 N–H and O–H groups in total. The Morgan fingerprint density at radius 3 is 1.73 bits per heavy atom. The first-order chi connectivity index (χ1) is 12.7. The van der Waals surface area contributed by atoms with Crippen LogP contribution in [0, 0.1) is 11.8 Å². The summed E-state index contributed by atoms with van der Waals surface area (Å²) in [6.07, 6.45) is 9.20. The first-order valence-corrected chi connectivity index (χ1v) is 11.1. The van der Waals surface area contributed by atoms with Crippen molar-refractivity contribution in [1.29, 1.82) is 0 Å². The van der Waals surface area contributed by atoms with Gasteiger partial charge >= 0.3 is 0 Å². The van der Waals surface area contributed by atoms with E-state index in [0.29, 0.717) is 0 Å². The van der Waals surface area contributed by atoms with E-state index in [1.165, 1.54) is 84.2 Å². The van der Waals surface area contributed by atoms with Gasteiger partial charge in [0, 0.05) is 20.1 Å². The van der Waals surface area contributed by atoms with Crippen LogP contribution in [0.3, 0.4) is 0 Å². The molecule has 2 fully saturated rings. The van der Waals surface area contributed by atoms with Gasteiger partial charge in [0.05, 0.1) is 0 Å². The van der Waals surface area contributed by atoms with E-state index in [4.69, 9.17) is 0 Å². The fourth-order valence-electron chi connectivity index (χ4n) is 3.97. The molecule has 2 heterocycles. The highest BCUT2D eigenvalue weighted by Gasteiger charge is 2.15. The van der Waals surface area contributed by atoms with Gasteiger partial charge < -0.3 is 20.4 Å². The average molecular weight is 366 g/mol. The monoisotopic (exact) mass is 365 g/mol. The van der Waals surface area contributed by atoms with Gasteiger partial charge in [0.2, 0.25) is 0 Å². The summed E-state index contributed by atoms with van der Waals surface area (Å²) in [5.74, 6) is 2.82. The van der Waals surface area contributed by atoms with E-state index in [-0.39, 0.29) is 0 Å². The van der Waals surface area contributed by atoms with Crippen LogP contribution in [0.25, 0.3) is 0 Å². The highest BCUT2D eigenvalue weighted by Crippen LogP contribution is 2.16. The molecule has 0 spiro atoms. The number of piperidine rings is 2. The molecule has 0 aromatic carbocycles. The molecule has 0 bridgehead atoms. The van der Waals surface area contributed by atoms with E-state index in [1.54, 1.807) is 0 Å². The Bertz CT molecular complexity index is 382. The van der Waals surface area contributed by atoms with Crippen molar-refractivity contribution in [2.75, 3.05) is 59.4 Å². The molecule has 152 valence electrons. The summed E-state index contributed by atoms with van der Waals surface area (Å²) >= 11 is 0. The Morgan fingerprint density at radius 1 is 0.769 bits per heavy atom. The van der Waals surface area contributed by atoms with Crippen LogP contribution in [-0.2, 0) is 0 Å². The lowest BCUT2D eigenvalue weighted by atomic mass is 9.99. The van der Waals surface area contributed by atoms with E-state index in [1.807, 2.05) is 7.05 Å². The number of guanidine groups is 1. The van der Waals surface area contributed by atoms with E-state index in [2.05, 4.69) is 39.3 Å². The fourth-order valence-corrected chi connectivity index (χ4v) is 3.97. The molecule has 0 aromatic heterocycles. The van der Waals surface area contributed by atoms with Gasteiger partial charge in [-0.15, -0.1) is 0 Å². The molecule has 0 saturated carbocycles. The highest BCUT2D eigenvalue weighted by atomic mass is 15.2. The summed E-state index contributed by atoms with van der Waals surface area (Å²) in [6, 6.07) is 0. The maximum absolute atomic E-state index is 4.35. The van der Waals surface area contributed by atoms with Gasteiger partial charge in [0.1, 0.15) is 0 Å². The topological polar surface area (TPSA) is 42.9 Å². The standard InChI is InChI=1S/C21H43N5/c1-19-7-15-25(16-8-19)13-5-4-11-23-21(22-3)24-12-6-14-26-17-9-20(2)10-18-26/h19-20H,4-18H2,1-3H3,(H2,22,23,24). The van der Waals surface area contributed by atoms with Crippen LogP contribution in [0.15, 0.2) is 4.99 Å². The zero-order valence-corrected chi connectivity index (χ0v) is 17.6. The van der Waals surface area contributed by atoms with Crippen molar-refractivity contribution in [2.24, 2.45) is 16.8 Å². The molecule has 0 unspecified atom stereocenters. The maximum atomic E-state index is 4.35. The number of nitrogens with zero attached hydrogens (tertiary/aromatic N) is 3. The van der Waals surface area contributed by atoms with Crippen molar-refractivity contribution in [3.05, 3.63) is 0 Å². The third kappa shape index (κ3) is 8.72. The molecule has 5 nitrogen and oxygen atoms in total. The molecule has 0 aliphatic carbocycles. The van der Waals surface area contributed by atoms with Gasteiger partial charge in [0.25, 0.3) is 0 Å². The lowest BCUT2D eigenvalue weighted by Crippen LogP contribution is -2.40. The zero-order chi connectivity index (χ0) is 18.6. The number of nitrogens with one attached hydrogen (secondary N) is 2. The second-order valence-electron chi connectivity index (χ2n) is 8.53. The third-order valence-corrected chi connectivity index (χ3v) is 6.11. The number of unbranched alkanes of at least 4 members (excludes halogenated alkanes) is 1. The normalized spacial score (nSPS) is 21.9. The molecule has 2 aliphatic rings. The predicted molar refractivity (Wildman–Crippen MR) is 113 cm³/mol. The Kier molecular flexibility index (Phi) is 10.4. The highest BCUT2D eigenvalue weighted by molar-refractivity contribution is 5.79. The SMILES string of the molecule is CN=C(NCCCCN1CCC(C)CC1)NCCCN1CCC(C)CC1. The summed E-state index contributed by atoms with van der Waals surface area (Å²) in [7, 11) is 1.87. The number of aliphatic imine (C=N–C) groups is 1. The minimum absolute atomic E-state index is 0.922. The average Bonchev–Trinajstić information content (AvgIpc) is 2.66. The Hall–Kier alpha value is -0.810. The number of hydrogen-bond donors (Lipinski definition) is 2. The largest absolute Gasteiger partial charge is 0.356 e. The fraction of sp³-hybridized carbons (Fsp3) is 0.952. The molecule has 2 saturated heterocycles. The van der Waals surface area contributed by atoms with Crippen LogP contribution in [0.2, 0.25) is 0 Å². The summed E-state index contributed by atoms with van der Waals surface area (Å²) in [6.45, 7) is 14.4. The van der Waals surface area contributed by atoms with Crippen LogP contribution in [0.5, 0.6) is 0 Å². The molecular formula is C21H43N5. The van der Waals surface area contributed by atoms with Crippen molar-refractivity contribution in [3.8, 4) is 0 Å². The predicted octanol–water partition coefficient (Wildman–Crippen LogP) is 2.79.